The predicted molar refractivity (Wildman–Crippen MR) is 74.4 cm³/mol. The number of amides is 1. The van der Waals surface area contributed by atoms with Gasteiger partial charge in [0.1, 0.15) is 0 Å². The quantitative estimate of drug-likeness (QED) is 0.895. The normalized spacial score (nSPS) is 16.3. The predicted octanol–water partition coefficient (Wildman–Crippen LogP) is 1.53. The lowest BCUT2D eigenvalue weighted by Crippen LogP contribution is -2.35. The minimum Gasteiger partial charge on any atom is -0.381 e. The molecular formula is C15H22N2O2. The highest BCUT2D eigenvalue weighted by Crippen LogP contribution is 2.19. The molecule has 4 nitrogen and oxygen atoms in total. The van der Waals surface area contributed by atoms with Crippen LogP contribution in [-0.4, -0.2) is 31.1 Å². The summed E-state index contributed by atoms with van der Waals surface area (Å²) in [5.41, 5.74) is 7.96. The second-order valence-electron chi connectivity index (χ2n) is 5.05. The first kappa shape index (κ1) is 14.0. The number of rotatable bonds is 4. The largest absolute Gasteiger partial charge is 0.381 e. The highest BCUT2D eigenvalue weighted by Gasteiger charge is 2.24. The number of nitrogens with zero attached hydrogens (tertiary/aromatic N) is 1. The fraction of sp³-hybridized carbons (Fsp3) is 0.533. The fourth-order valence-corrected chi connectivity index (χ4v) is 2.50. The Morgan fingerprint density at radius 2 is 1.95 bits per heavy atom. The molecule has 1 amide bonds. The summed E-state index contributed by atoms with van der Waals surface area (Å²) in [5, 5.41) is 0. The first-order valence-electron chi connectivity index (χ1n) is 6.82. The molecule has 1 heterocycles. The summed E-state index contributed by atoms with van der Waals surface area (Å²) in [6.45, 7) is 2.53. The second-order valence-corrected chi connectivity index (χ2v) is 5.05. The maximum Gasteiger partial charge on any atom is 0.225 e. The molecule has 1 aromatic rings. The molecule has 1 fully saturated rings. The van der Waals surface area contributed by atoms with E-state index in [1.54, 1.807) is 0 Å². The first-order valence-corrected chi connectivity index (χ1v) is 6.82. The zero-order valence-corrected chi connectivity index (χ0v) is 11.5. The van der Waals surface area contributed by atoms with Crippen molar-refractivity contribution in [1.82, 2.24) is 4.90 Å². The van der Waals surface area contributed by atoms with Crippen LogP contribution in [0, 0.1) is 5.92 Å². The topological polar surface area (TPSA) is 55.6 Å². The average molecular weight is 262 g/mol. The first-order chi connectivity index (χ1) is 9.22. The zero-order valence-electron chi connectivity index (χ0n) is 11.5. The number of ether oxygens (including phenoxy) is 1. The Hall–Kier alpha value is -1.39. The summed E-state index contributed by atoms with van der Waals surface area (Å²) in [7, 11) is 1.87. The van der Waals surface area contributed by atoms with E-state index in [2.05, 4.69) is 0 Å². The standard InChI is InChI=1S/C15H22N2O2/c1-17(15(18)12-6-8-19-9-7-12)11-14-5-3-2-4-13(14)10-16/h2-5,12H,6-11,16H2,1H3. The van der Waals surface area contributed by atoms with Gasteiger partial charge in [-0.2, -0.15) is 0 Å². The van der Waals surface area contributed by atoms with Gasteiger partial charge in [-0.05, 0) is 24.0 Å². The Morgan fingerprint density at radius 3 is 2.58 bits per heavy atom. The van der Waals surface area contributed by atoms with Gasteiger partial charge in [0.15, 0.2) is 0 Å². The second kappa shape index (κ2) is 6.68. The summed E-state index contributed by atoms with van der Waals surface area (Å²) in [6, 6.07) is 8.02. The van der Waals surface area contributed by atoms with Crippen molar-refractivity contribution in [2.75, 3.05) is 20.3 Å². The van der Waals surface area contributed by atoms with E-state index in [1.807, 2.05) is 36.2 Å². The third-order valence-electron chi connectivity index (χ3n) is 3.69. The molecule has 4 heteroatoms. The molecule has 0 unspecified atom stereocenters. The van der Waals surface area contributed by atoms with Crippen LogP contribution in [0.1, 0.15) is 24.0 Å². The summed E-state index contributed by atoms with van der Waals surface area (Å²) >= 11 is 0. The van der Waals surface area contributed by atoms with Gasteiger partial charge in [-0.1, -0.05) is 24.3 Å². The molecule has 0 aliphatic carbocycles. The van der Waals surface area contributed by atoms with Gasteiger partial charge in [-0.3, -0.25) is 4.79 Å². The number of hydrogen-bond acceptors (Lipinski definition) is 3. The van der Waals surface area contributed by atoms with Crippen molar-refractivity contribution in [2.24, 2.45) is 11.7 Å². The molecule has 0 saturated carbocycles. The van der Waals surface area contributed by atoms with Crippen LogP contribution in [0.2, 0.25) is 0 Å². The van der Waals surface area contributed by atoms with Gasteiger partial charge in [-0.25, -0.2) is 0 Å². The van der Waals surface area contributed by atoms with Crippen LogP contribution in [0.5, 0.6) is 0 Å². The average Bonchev–Trinajstić information content (AvgIpc) is 2.48. The van der Waals surface area contributed by atoms with Crippen LogP contribution >= 0.6 is 0 Å². The van der Waals surface area contributed by atoms with Crippen molar-refractivity contribution in [1.29, 1.82) is 0 Å². The van der Waals surface area contributed by atoms with E-state index in [9.17, 15) is 4.79 Å². The van der Waals surface area contributed by atoms with E-state index in [0.29, 0.717) is 26.3 Å². The van der Waals surface area contributed by atoms with Gasteiger partial charge < -0.3 is 15.4 Å². The lowest BCUT2D eigenvalue weighted by atomic mass is 9.98. The van der Waals surface area contributed by atoms with Crippen molar-refractivity contribution >= 4 is 5.91 Å². The van der Waals surface area contributed by atoms with E-state index in [-0.39, 0.29) is 11.8 Å². The summed E-state index contributed by atoms with van der Waals surface area (Å²) in [6.07, 6.45) is 1.67. The van der Waals surface area contributed by atoms with Crippen LogP contribution in [0.15, 0.2) is 24.3 Å². The van der Waals surface area contributed by atoms with Crippen LogP contribution in [0.25, 0.3) is 0 Å². The van der Waals surface area contributed by atoms with Gasteiger partial charge in [0.05, 0.1) is 0 Å². The Labute approximate surface area is 114 Å². The lowest BCUT2D eigenvalue weighted by molar-refractivity contribution is -0.137. The number of benzene rings is 1. The van der Waals surface area contributed by atoms with Gasteiger partial charge in [0.2, 0.25) is 5.91 Å². The van der Waals surface area contributed by atoms with E-state index >= 15 is 0 Å². The van der Waals surface area contributed by atoms with Gasteiger partial charge in [0, 0.05) is 39.3 Å². The third kappa shape index (κ3) is 3.55. The van der Waals surface area contributed by atoms with E-state index < -0.39 is 0 Å². The van der Waals surface area contributed by atoms with Crippen molar-refractivity contribution in [3.8, 4) is 0 Å². The Balaban J connectivity index is 1.99. The molecule has 0 aromatic heterocycles. The van der Waals surface area contributed by atoms with E-state index in [4.69, 9.17) is 10.5 Å². The van der Waals surface area contributed by atoms with Gasteiger partial charge >= 0.3 is 0 Å². The molecule has 104 valence electrons. The monoisotopic (exact) mass is 262 g/mol. The molecule has 0 atom stereocenters. The SMILES string of the molecule is CN(Cc1ccccc1CN)C(=O)C1CCOCC1. The molecule has 1 aromatic carbocycles. The molecule has 2 N–H and O–H groups in total. The number of hydrogen-bond donors (Lipinski definition) is 1. The number of nitrogens with two attached hydrogens (primary N) is 1. The summed E-state index contributed by atoms with van der Waals surface area (Å²) in [5.74, 6) is 0.332. The third-order valence-corrected chi connectivity index (χ3v) is 3.69. The highest BCUT2D eigenvalue weighted by molar-refractivity contribution is 5.78. The molecule has 1 saturated heterocycles. The molecular weight excluding hydrogens is 240 g/mol. The minimum absolute atomic E-state index is 0.115. The van der Waals surface area contributed by atoms with E-state index in [0.717, 1.165) is 24.0 Å². The molecule has 1 aliphatic rings. The molecule has 19 heavy (non-hydrogen) atoms. The Morgan fingerprint density at radius 1 is 1.32 bits per heavy atom. The molecule has 2 rings (SSSR count). The highest BCUT2D eigenvalue weighted by atomic mass is 16.5. The number of carbonyl (C=O) groups excluding carboxylic acids is 1. The van der Waals surface area contributed by atoms with Crippen LogP contribution in [-0.2, 0) is 22.6 Å². The Kier molecular flexibility index (Phi) is 4.93. The molecule has 0 bridgehead atoms. The summed E-state index contributed by atoms with van der Waals surface area (Å²) < 4.78 is 5.30. The van der Waals surface area contributed by atoms with Crippen LogP contribution in [0.3, 0.4) is 0 Å². The van der Waals surface area contributed by atoms with Crippen molar-refractivity contribution in [3.63, 3.8) is 0 Å². The van der Waals surface area contributed by atoms with Crippen molar-refractivity contribution in [2.45, 2.75) is 25.9 Å². The molecule has 1 aliphatic heterocycles. The molecule has 0 spiro atoms. The number of carbonyl (C=O) groups is 1. The van der Waals surface area contributed by atoms with Crippen LogP contribution in [0.4, 0.5) is 0 Å². The van der Waals surface area contributed by atoms with Crippen molar-refractivity contribution < 1.29 is 9.53 Å². The van der Waals surface area contributed by atoms with Crippen LogP contribution < -0.4 is 5.73 Å². The maximum atomic E-state index is 12.3. The van der Waals surface area contributed by atoms with Gasteiger partial charge in [0.25, 0.3) is 0 Å². The van der Waals surface area contributed by atoms with Crippen molar-refractivity contribution in [3.05, 3.63) is 35.4 Å². The lowest BCUT2D eigenvalue weighted by Gasteiger charge is -2.27. The minimum atomic E-state index is 0.115. The maximum absolute atomic E-state index is 12.3. The van der Waals surface area contributed by atoms with E-state index in [1.165, 1.54) is 0 Å². The Bertz CT molecular complexity index is 428. The molecule has 0 radical (unpaired) electrons. The van der Waals surface area contributed by atoms with Gasteiger partial charge in [-0.15, -0.1) is 0 Å². The fourth-order valence-electron chi connectivity index (χ4n) is 2.50. The summed E-state index contributed by atoms with van der Waals surface area (Å²) in [4.78, 5) is 14.2. The zero-order chi connectivity index (χ0) is 13.7. The smallest absolute Gasteiger partial charge is 0.225 e.